The topological polar surface area (TPSA) is 43.4 Å². The van der Waals surface area contributed by atoms with Crippen LogP contribution in [0.4, 0.5) is 17.6 Å². The monoisotopic (exact) mass is 224 g/mol. The molecule has 3 nitrogen and oxygen atoms in total. The number of carbonyl (C=O) groups is 2. The first-order chi connectivity index (χ1) is 6.83. The van der Waals surface area contributed by atoms with Crippen molar-refractivity contribution in [3.8, 4) is 0 Å². The van der Waals surface area contributed by atoms with Gasteiger partial charge in [-0.1, -0.05) is 0 Å². The van der Waals surface area contributed by atoms with E-state index in [0.29, 0.717) is 12.2 Å². The van der Waals surface area contributed by atoms with E-state index in [0.717, 1.165) is 6.08 Å². The molecule has 0 atom stereocenters. The molecule has 0 N–H and O–H groups in total. The minimum absolute atomic E-state index is 0.429. The van der Waals surface area contributed by atoms with Crippen LogP contribution in [0.3, 0.4) is 0 Å². The van der Waals surface area contributed by atoms with Crippen LogP contribution in [-0.4, -0.2) is 24.1 Å². The van der Waals surface area contributed by atoms with Gasteiger partial charge >= 0.3 is 12.5 Å². The van der Waals surface area contributed by atoms with Crippen molar-refractivity contribution in [2.24, 2.45) is 0 Å². The van der Waals surface area contributed by atoms with E-state index in [9.17, 15) is 27.2 Å². The van der Waals surface area contributed by atoms with Gasteiger partial charge in [-0.3, -0.25) is 9.59 Å². The Morgan fingerprint density at radius 2 is 1.80 bits per heavy atom. The molecule has 0 heterocycles. The fourth-order valence-corrected chi connectivity index (χ4v) is 0.759. The SMILES string of the molecule is O=C1C=CC(=O)C(OC(F)(F)C(F)F)=C1. The van der Waals surface area contributed by atoms with Crippen molar-refractivity contribution < 1.29 is 31.9 Å². The summed E-state index contributed by atoms with van der Waals surface area (Å²) < 4.78 is 51.5. The van der Waals surface area contributed by atoms with Gasteiger partial charge < -0.3 is 4.74 Å². The van der Waals surface area contributed by atoms with Crippen LogP contribution in [0.2, 0.25) is 0 Å². The summed E-state index contributed by atoms with van der Waals surface area (Å²) in [6.45, 7) is 0. The van der Waals surface area contributed by atoms with E-state index in [1.54, 1.807) is 0 Å². The molecule has 7 heteroatoms. The Labute approximate surface area is 81.0 Å². The third-order valence-corrected chi connectivity index (χ3v) is 1.42. The molecule has 82 valence electrons. The summed E-state index contributed by atoms with van der Waals surface area (Å²) in [4.78, 5) is 21.5. The summed E-state index contributed by atoms with van der Waals surface area (Å²) >= 11 is 0. The summed E-state index contributed by atoms with van der Waals surface area (Å²) in [6.07, 6.45) is -6.95. The summed E-state index contributed by atoms with van der Waals surface area (Å²) in [7, 11) is 0. The van der Waals surface area contributed by atoms with Crippen LogP contribution in [0.25, 0.3) is 0 Å². The largest absolute Gasteiger partial charge is 0.461 e. The Bertz CT molecular complexity index is 357. The minimum Gasteiger partial charge on any atom is -0.424 e. The summed E-state index contributed by atoms with van der Waals surface area (Å²) in [6, 6.07) is 0. The highest BCUT2D eigenvalue weighted by molar-refractivity contribution is 6.16. The summed E-state index contributed by atoms with van der Waals surface area (Å²) in [5, 5.41) is 0. The van der Waals surface area contributed by atoms with Crippen molar-refractivity contribution in [3.05, 3.63) is 24.0 Å². The predicted molar refractivity (Wildman–Crippen MR) is 39.3 cm³/mol. The first-order valence-electron chi connectivity index (χ1n) is 3.66. The molecule has 0 bridgehead atoms. The second-order valence-corrected chi connectivity index (χ2v) is 2.57. The van der Waals surface area contributed by atoms with Gasteiger partial charge in [-0.2, -0.15) is 17.6 Å². The Morgan fingerprint density at radius 3 is 2.33 bits per heavy atom. The van der Waals surface area contributed by atoms with Crippen LogP contribution in [0.1, 0.15) is 0 Å². The van der Waals surface area contributed by atoms with E-state index in [-0.39, 0.29) is 0 Å². The van der Waals surface area contributed by atoms with Crippen molar-refractivity contribution >= 4 is 11.6 Å². The van der Waals surface area contributed by atoms with Gasteiger partial charge in [-0.25, -0.2) is 0 Å². The molecule has 0 aromatic rings. The number of allylic oxidation sites excluding steroid dienone is 3. The maximum absolute atomic E-state index is 12.3. The van der Waals surface area contributed by atoms with Crippen molar-refractivity contribution in [2.75, 3.05) is 0 Å². The van der Waals surface area contributed by atoms with Gasteiger partial charge in [0.2, 0.25) is 5.78 Å². The predicted octanol–water partition coefficient (Wildman–Crippen LogP) is 1.45. The van der Waals surface area contributed by atoms with Crippen molar-refractivity contribution in [1.82, 2.24) is 0 Å². The van der Waals surface area contributed by atoms with Gasteiger partial charge in [0.15, 0.2) is 11.5 Å². The normalized spacial score (nSPS) is 17.0. The van der Waals surface area contributed by atoms with E-state index in [1.165, 1.54) is 0 Å². The number of ketones is 2. The number of ether oxygens (including phenoxy) is 1. The molecule has 0 aliphatic heterocycles. The maximum atomic E-state index is 12.3. The Morgan fingerprint density at radius 1 is 1.20 bits per heavy atom. The molecule has 0 radical (unpaired) electrons. The molecular weight excluding hydrogens is 220 g/mol. The molecule has 0 amide bonds. The Hall–Kier alpha value is -1.66. The number of hydrogen-bond donors (Lipinski definition) is 0. The van der Waals surface area contributed by atoms with E-state index in [1.807, 2.05) is 0 Å². The van der Waals surface area contributed by atoms with Crippen LogP contribution < -0.4 is 0 Å². The first kappa shape index (κ1) is 11.4. The lowest BCUT2D eigenvalue weighted by Gasteiger charge is -2.18. The maximum Gasteiger partial charge on any atom is 0.461 e. The molecule has 0 spiro atoms. The second kappa shape index (κ2) is 3.84. The molecule has 1 aliphatic rings. The average molecular weight is 224 g/mol. The van der Waals surface area contributed by atoms with Crippen molar-refractivity contribution in [2.45, 2.75) is 12.5 Å². The lowest BCUT2D eigenvalue weighted by molar-refractivity contribution is -0.280. The summed E-state index contributed by atoms with van der Waals surface area (Å²) in [5.74, 6) is -2.93. The number of alkyl halides is 4. The van der Waals surface area contributed by atoms with Crippen LogP contribution in [0.5, 0.6) is 0 Å². The third kappa shape index (κ3) is 2.64. The number of carbonyl (C=O) groups excluding carboxylic acids is 2. The number of halogens is 4. The van der Waals surface area contributed by atoms with Gasteiger partial charge in [0, 0.05) is 6.08 Å². The number of hydrogen-bond acceptors (Lipinski definition) is 3. The fraction of sp³-hybridized carbons (Fsp3) is 0.250. The van der Waals surface area contributed by atoms with Gasteiger partial charge in [-0.15, -0.1) is 0 Å². The molecule has 0 aromatic carbocycles. The van der Waals surface area contributed by atoms with Gasteiger partial charge in [0.05, 0.1) is 0 Å². The van der Waals surface area contributed by atoms with Crippen LogP contribution >= 0.6 is 0 Å². The lowest BCUT2D eigenvalue weighted by Crippen LogP contribution is -2.31. The second-order valence-electron chi connectivity index (χ2n) is 2.57. The Balaban J connectivity index is 2.82. The fourth-order valence-electron chi connectivity index (χ4n) is 0.759. The molecule has 1 aliphatic carbocycles. The highest BCUT2D eigenvalue weighted by atomic mass is 19.3. The average Bonchev–Trinajstić information content (AvgIpc) is 2.10. The summed E-state index contributed by atoms with van der Waals surface area (Å²) in [5.41, 5.74) is 0. The smallest absolute Gasteiger partial charge is 0.424 e. The molecule has 15 heavy (non-hydrogen) atoms. The molecule has 1 rings (SSSR count). The quantitative estimate of drug-likeness (QED) is 0.538. The molecule has 0 unspecified atom stereocenters. The van der Waals surface area contributed by atoms with E-state index in [4.69, 9.17) is 0 Å². The van der Waals surface area contributed by atoms with E-state index < -0.39 is 29.9 Å². The van der Waals surface area contributed by atoms with Crippen LogP contribution in [0.15, 0.2) is 24.0 Å². The number of rotatable bonds is 3. The molecule has 0 saturated heterocycles. The molecule has 0 saturated carbocycles. The third-order valence-electron chi connectivity index (χ3n) is 1.42. The van der Waals surface area contributed by atoms with Crippen LogP contribution in [0, 0.1) is 0 Å². The highest BCUT2D eigenvalue weighted by Gasteiger charge is 2.45. The zero-order valence-corrected chi connectivity index (χ0v) is 7.05. The Kier molecular flexibility index (Phi) is 2.92. The van der Waals surface area contributed by atoms with Gasteiger partial charge in [0.25, 0.3) is 0 Å². The highest BCUT2D eigenvalue weighted by Crippen LogP contribution is 2.28. The van der Waals surface area contributed by atoms with Gasteiger partial charge in [-0.05, 0) is 12.2 Å². The van der Waals surface area contributed by atoms with E-state index in [2.05, 4.69) is 4.74 Å². The molecular formula is C8H4F4O3. The van der Waals surface area contributed by atoms with Crippen molar-refractivity contribution in [1.29, 1.82) is 0 Å². The van der Waals surface area contributed by atoms with Crippen LogP contribution in [-0.2, 0) is 14.3 Å². The zero-order chi connectivity index (χ0) is 11.6. The molecule has 0 aromatic heterocycles. The minimum atomic E-state index is -4.78. The van der Waals surface area contributed by atoms with Gasteiger partial charge in [0.1, 0.15) is 0 Å². The zero-order valence-electron chi connectivity index (χ0n) is 7.05. The molecule has 0 fully saturated rings. The first-order valence-corrected chi connectivity index (χ1v) is 3.66. The van der Waals surface area contributed by atoms with Crippen molar-refractivity contribution in [3.63, 3.8) is 0 Å². The lowest BCUT2D eigenvalue weighted by atomic mass is 10.1. The van der Waals surface area contributed by atoms with E-state index >= 15 is 0 Å². The standard InChI is InChI=1S/C8H4F4O3/c9-7(10)8(11,12)15-6-3-4(13)1-2-5(6)14/h1-3,7H.